The largest absolute Gasteiger partial charge is 0.489 e. The van der Waals surface area contributed by atoms with Gasteiger partial charge in [-0.15, -0.1) is 0 Å². The van der Waals surface area contributed by atoms with Crippen LogP contribution in [0.1, 0.15) is 32.6 Å². The van der Waals surface area contributed by atoms with Gasteiger partial charge in [-0.05, 0) is 55.7 Å². The van der Waals surface area contributed by atoms with E-state index in [2.05, 4.69) is 28.9 Å². The van der Waals surface area contributed by atoms with E-state index in [9.17, 15) is 9.90 Å². The van der Waals surface area contributed by atoms with E-state index in [-0.39, 0.29) is 12.2 Å². The number of hydrogen-bond donors (Lipinski definition) is 1. The molecule has 0 atom stereocenters. The Balaban J connectivity index is 2.29. The van der Waals surface area contributed by atoms with Crippen LogP contribution in [0.3, 0.4) is 0 Å². The summed E-state index contributed by atoms with van der Waals surface area (Å²) in [6, 6.07) is 9.17. The van der Waals surface area contributed by atoms with Gasteiger partial charge in [0.05, 0.1) is 5.56 Å². The minimum atomic E-state index is -0.952. The van der Waals surface area contributed by atoms with Crippen LogP contribution in [-0.2, 0) is 6.61 Å². The summed E-state index contributed by atoms with van der Waals surface area (Å²) in [5.74, 6) is -0.170. The van der Waals surface area contributed by atoms with Gasteiger partial charge in [-0.2, -0.15) is 0 Å². The summed E-state index contributed by atoms with van der Waals surface area (Å²) in [7, 11) is 0. The standard InChI is InChI=1S/C17H17BrO3/c1-10-7-12(3)16(8-11(10)2)21-9-14-13(17(19)20)5-4-6-15(14)18/h4-8H,9H2,1-3H3,(H,19,20). The van der Waals surface area contributed by atoms with Crippen LogP contribution in [0.2, 0.25) is 0 Å². The molecule has 0 aliphatic heterocycles. The van der Waals surface area contributed by atoms with Gasteiger partial charge in [0.2, 0.25) is 0 Å². The van der Waals surface area contributed by atoms with Crippen molar-refractivity contribution in [2.45, 2.75) is 27.4 Å². The van der Waals surface area contributed by atoms with E-state index in [4.69, 9.17) is 4.74 Å². The number of halogens is 1. The Hall–Kier alpha value is -1.81. The van der Waals surface area contributed by atoms with E-state index in [1.165, 1.54) is 5.56 Å². The molecule has 0 fully saturated rings. The lowest BCUT2D eigenvalue weighted by atomic mass is 10.1. The van der Waals surface area contributed by atoms with Crippen LogP contribution in [0.5, 0.6) is 5.75 Å². The smallest absolute Gasteiger partial charge is 0.336 e. The zero-order valence-corrected chi connectivity index (χ0v) is 13.8. The molecule has 2 aromatic carbocycles. The van der Waals surface area contributed by atoms with Gasteiger partial charge in [0.25, 0.3) is 0 Å². The highest BCUT2D eigenvalue weighted by atomic mass is 79.9. The second-order valence-corrected chi connectivity index (χ2v) is 5.92. The molecular formula is C17H17BrO3. The van der Waals surface area contributed by atoms with Gasteiger partial charge < -0.3 is 9.84 Å². The molecule has 21 heavy (non-hydrogen) atoms. The molecule has 0 aliphatic rings. The van der Waals surface area contributed by atoms with Gasteiger partial charge in [-0.3, -0.25) is 0 Å². The first-order chi connectivity index (χ1) is 9.90. The lowest BCUT2D eigenvalue weighted by molar-refractivity contribution is 0.0694. The number of benzene rings is 2. The minimum absolute atomic E-state index is 0.215. The Kier molecular flexibility index (Phi) is 4.68. The maximum atomic E-state index is 11.3. The van der Waals surface area contributed by atoms with Crippen LogP contribution in [0.4, 0.5) is 0 Å². The molecule has 1 N–H and O–H groups in total. The molecule has 0 saturated heterocycles. The Labute approximate surface area is 132 Å². The molecule has 110 valence electrons. The molecule has 0 spiro atoms. The van der Waals surface area contributed by atoms with Crippen LogP contribution in [0, 0.1) is 20.8 Å². The number of carboxylic acids is 1. The van der Waals surface area contributed by atoms with Crippen molar-refractivity contribution in [2.75, 3.05) is 0 Å². The average Bonchev–Trinajstić information content (AvgIpc) is 2.42. The lowest BCUT2D eigenvalue weighted by Crippen LogP contribution is -2.07. The van der Waals surface area contributed by atoms with E-state index in [0.29, 0.717) is 5.56 Å². The number of aryl methyl sites for hydroxylation is 3. The first-order valence-corrected chi connectivity index (χ1v) is 7.40. The van der Waals surface area contributed by atoms with E-state index in [1.807, 2.05) is 26.0 Å². The molecule has 2 rings (SSSR count). The van der Waals surface area contributed by atoms with E-state index >= 15 is 0 Å². The van der Waals surface area contributed by atoms with Gasteiger partial charge in [0, 0.05) is 10.0 Å². The molecule has 4 heteroatoms. The van der Waals surface area contributed by atoms with E-state index in [0.717, 1.165) is 21.3 Å². The summed E-state index contributed by atoms with van der Waals surface area (Å²) in [6.07, 6.45) is 0. The van der Waals surface area contributed by atoms with Gasteiger partial charge in [-0.1, -0.05) is 28.1 Å². The second kappa shape index (κ2) is 6.31. The van der Waals surface area contributed by atoms with Crippen LogP contribution in [0.25, 0.3) is 0 Å². The third kappa shape index (κ3) is 3.45. The molecule has 2 aromatic rings. The Bertz CT molecular complexity index is 693. The molecule has 0 unspecified atom stereocenters. The van der Waals surface area contributed by atoms with Crippen molar-refractivity contribution < 1.29 is 14.6 Å². The summed E-state index contributed by atoms with van der Waals surface area (Å²) < 4.78 is 6.58. The molecule has 0 saturated carbocycles. The highest BCUT2D eigenvalue weighted by molar-refractivity contribution is 9.10. The highest BCUT2D eigenvalue weighted by Crippen LogP contribution is 2.26. The molecule has 0 heterocycles. The topological polar surface area (TPSA) is 46.5 Å². The third-order valence-corrected chi connectivity index (χ3v) is 4.26. The van der Waals surface area contributed by atoms with Gasteiger partial charge in [0.15, 0.2) is 0 Å². The first-order valence-electron chi connectivity index (χ1n) is 6.61. The number of ether oxygens (including phenoxy) is 1. The van der Waals surface area contributed by atoms with Gasteiger partial charge >= 0.3 is 5.97 Å². The number of hydrogen-bond acceptors (Lipinski definition) is 2. The van der Waals surface area contributed by atoms with Crippen molar-refractivity contribution >= 4 is 21.9 Å². The zero-order chi connectivity index (χ0) is 15.6. The maximum Gasteiger partial charge on any atom is 0.336 e. The molecule has 0 amide bonds. The van der Waals surface area contributed by atoms with Crippen LogP contribution >= 0.6 is 15.9 Å². The molecule has 0 aromatic heterocycles. The number of aromatic carboxylic acids is 1. The first kappa shape index (κ1) is 15.6. The van der Waals surface area contributed by atoms with E-state index in [1.54, 1.807) is 12.1 Å². The van der Waals surface area contributed by atoms with Crippen LogP contribution in [0.15, 0.2) is 34.8 Å². The summed E-state index contributed by atoms with van der Waals surface area (Å²) in [5, 5.41) is 9.25. The fourth-order valence-electron chi connectivity index (χ4n) is 2.15. The SMILES string of the molecule is Cc1cc(C)c(OCc2c(Br)cccc2C(=O)O)cc1C. The monoisotopic (exact) mass is 348 g/mol. The number of carbonyl (C=O) groups is 1. The predicted octanol–water partition coefficient (Wildman–Crippen LogP) is 4.65. The fraction of sp³-hybridized carbons (Fsp3) is 0.235. The zero-order valence-electron chi connectivity index (χ0n) is 12.2. The number of rotatable bonds is 4. The fourth-order valence-corrected chi connectivity index (χ4v) is 2.63. The van der Waals surface area contributed by atoms with Crippen molar-refractivity contribution in [2.24, 2.45) is 0 Å². The lowest BCUT2D eigenvalue weighted by Gasteiger charge is -2.14. The average molecular weight is 349 g/mol. The second-order valence-electron chi connectivity index (χ2n) is 5.06. The van der Waals surface area contributed by atoms with Crippen molar-refractivity contribution in [3.8, 4) is 5.75 Å². The van der Waals surface area contributed by atoms with Crippen molar-refractivity contribution in [3.63, 3.8) is 0 Å². The number of carboxylic acid groups (broad SMARTS) is 1. The van der Waals surface area contributed by atoms with Crippen molar-refractivity contribution in [1.82, 2.24) is 0 Å². The third-order valence-electron chi connectivity index (χ3n) is 3.51. The predicted molar refractivity (Wildman–Crippen MR) is 86.1 cm³/mol. The van der Waals surface area contributed by atoms with Crippen molar-refractivity contribution in [1.29, 1.82) is 0 Å². The van der Waals surface area contributed by atoms with Crippen LogP contribution < -0.4 is 4.74 Å². The minimum Gasteiger partial charge on any atom is -0.489 e. The molecule has 0 aliphatic carbocycles. The highest BCUT2D eigenvalue weighted by Gasteiger charge is 2.14. The normalized spacial score (nSPS) is 10.5. The summed E-state index contributed by atoms with van der Waals surface area (Å²) >= 11 is 3.39. The molecule has 3 nitrogen and oxygen atoms in total. The van der Waals surface area contributed by atoms with Gasteiger partial charge in [0.1, 0.15) is 12.4 Å². The Morgan fingerprint density at radius 3 is 2.48 bits per heavy atom. The Morgan fingerprint density at radius 1 is 1.14 bits per heavy atom. The summed E-state index contributed by atoms with van der Waals surface area (Å²) in [6.45, 7) is 6.29. The maximum absolute atomic E-state index is 11.3. The van der Waals surface area contributed by atoms with Gasteiger partial charge in [-0.25, -0.2) is 4.79 Å². The Morgan fingerprint density at radius 2 is 1.81 bits per heavy atom. The summed E-state index contributed by atoms with van der Waals surface area (Å²) in [5.41, 5.74) is 4.31. The summed E-state index contributed by atoms with van der Waals surface area (Å²) in [4.78, 5) is 11.3. The van der Waals surface area contributed by atoms with E-state index < -0.39 is 5.97 Å². The molecule has 0 radical (unpaired) electrons. The van der Waals surface area contributed by atoms with Crippen molar-refractivity contribution in [3.05, 3.63) is 62.6 Å². The van der Waals surface area contributed by atoms with Crippen LogP contribution in [-0.4, -0.2) is 11.1 Å². The molecular weight excluding hydrogens is 332 g/mol. The quantitative estimate of drug-likeness (QED) is 0.874. The molecule has 0 bridgehead atoms.